The number of aliphatic carboxylic acids is 1. The Kier molecular flexibility index (Phi) is 3.43. The number of fused-ring (bicyclic) bond motifs is 2. The number of nitrogens with one attached hydrogen (secondary N) is 1. The molecule has 3 rings (SSSR count). The van der Waals surface area contributed by atoms with Gasteiger partial charge in [-0.3, -0.25) is 9.59 Å². The Morgan fingerprint density at radius 2 is 2.00 bits per heavy atom. The normalized spacial score (nSPS) is 30.4. The third kappa shape index (κ3) is 2.41. The maximum atomic E-state index is 13.8. The van der Waals surface area contributed by atoms with Gasteiger partial charge < -0.3 is 10.4 Å². The topological polar surface area (TPSA) is 66.4 Å². The van der Waals surface area contributed by atoms with Crippen molar-refractivity contribution in [3.63, 3.8) is 0 Å². The van der Waals surface area contributed by atoms with Gasteiger partial charge in [0.1, 0.15) is 5.82 Å². The van der Waals surface area contributed by atoms with Crippen LogP contribution >= 0.6 is 0 Å². The molecule has 4 atom stereocenters. The van der Waals surface area contributed by atoms with Crippen LogP contribution in [0.3, 0.4) is 0 Å². The van der Waals surface area contributed by atoms with Gasteiger partial charge in [0.05, 0.1) is 11.5 Å². The molecule has 0 aliphatic heterocycles. The smallest absolute Gasteiger partial charge is 0.308 e. The van der Waals surface area contributed by atoms with Gasteiger partial charge in [-0.2, -0.15) is 0 Å². The Balaban J connectivity index is 1.79. The highest BCUT2D eigenvalue weighted by Crippen LogP contribution is 2.48. The number of hydrogen-bond acceptors (Lipinski definition) is 2. The van der Waals surface area contributed by atoms with Gasteiger partial charge in [-0.25, -0.2) is 4.39 Å². The van der Waals surface area contributed by atoms with Crippen molar-refractivity contribution in [2.24, 2.45) is 17.8 Å². The van der Waals surface area contributed by atoms with E-state index in [1.54, 1.807) is 13.0 Å². The molecule has 2 bridgehead atoms. The molecule has 112 valence electrons. The third-order valence-electron chi connectivity index (χ3n) is 4.87. The van der Waals surface area contributed by atoms with Gasteiger partial charge in [0.25, 0.3) is 5.91 Å². The number of carbonyl (C=O) groups excluding carboxylic acids is 1. The Bertz CT molecular complexity index is 601. The van der Waals surface area contributed by atoms with Gasteiger partial charge in [0.2, 0.25) is 0 Å². The van der Waals surface area contributed by atoms with Gasteiger partial charge in [-0.1, -0.05) is 6.07 Å². The fourth-order valence-corrected chi connectivity index (χ4v) is 3.89. The van der Waals surface area contributed by atoms with E-state index in [4.69, 9.17) is 0 Å². The summed E-state index contributed by atoms with van der Waals surface area (Å²) in [5.41, 5.74) is 0.722. The maximum absolute atomic E-state index is 13.8. The molecular weight excluding hydrogens is 273 g/mol. The summed E-state index contributed by atoms with van der Waals surface area (Å²) in [6.45, 7) is 1.75. The van der Waals surface area contributed by atoms with Crippen molar-refractivity contribution in [1.82, 2.24) is 5.32 Å². The van der Waals surface area contributed by atoms with Crippen LogP contribution in [0.4, 0.5) is 4.39 Å². The highest BCUT2D eigenvalue weighted by molar-refractivity contribution is 5.95. The zero-order chi connectivity index (χ0) is 15.1. The van der Waals surface area contributed by atoms with Crippen molar-refractivity contribution < 1.29 is 19.1 Å². The minimum atomic E-state index is -0.864. The maximum Gasteiger partial charge on any atom is 0.308 e. The highest BCUT2D eigenvalue weighted by Gasteiger charge is 2.51. The largest absolute Gasteiger partial charge is 0.481 e. The molecule has 0 aromatic heterocycles. The lowest BCUT2D eigenvalue weighted by Gasteiger charge is -2.28. The molecule has 5 heteroatoms. The van der Waals surface area contributed by atoms with Crippen molar-refractivity contribution in [3.8, 4) is 0 Å². The van der Waals surface area contributed by atoms with Crippen LogP contribution in [-0.2, 0) is 4.79 Å². The summed E-state index contributed by atoms with van der Waals surface area (Å²) in [4.78, 5) is 23.6. The molecule has 4 unspecified atom stereocenters. The summed E-state index contributed by atoms with van der Waals surface area (Å²) in [5.74, 6) is -2.15. The van der Waals surface area contributed by atoms with E-state index < -0.39 is 23.6 Å². The average Bonchev–Trinajstić information content (AvgIpc) is 2.98. The number of aryl methyl sites for hydroxylation is 1. The number of rotatable bonds is 3. The molecule has 2 saturated carbocycles. The van der Waals surface area contributed by atoms with Gasteiger partial charge in [0.15, 0.2) is 0 Å². The molecule has 1 amide bonds. The quantitative estimate of drug-likeness (QED) is 0.898. The third-order valence-corrected chi connectivity index (χ3v) is 4.87. The number of carboxylic acid groups (broad SMARTS) is 1. The predicted molar refractivity (Wildman–Crippen MR) is 74.3 cm³/mol. The van der Waals surface area contributed by atoms with Gasteiger partial charge in [-0.05, 0) is 55.7 Å². The SMILES string of the molecule is Cc1ccc(C(=O)NC2C3CCC(C3)C2C(=O)O)c(F)c1. The van der Waals surface area contributed by atoms with E-state index in [1.807, 2.05) is 0 Å². The molecule has 1 aromatic rings. The molecule has 0 heterocycles. The van der Waals surface area contributed by atoms with Crippen LogP contribution in [0.2, 0.25) is 0 Å². The van der Waals surface area contributed by atoms with Gasteiger partial charge in [0, 0.05) is 6.04 Å². The average molecular weight is 291 g/mol. The summed E-state index contributed by atoms with van der Waals surface area (Å²) in [5, 5.41) is 12.1. The second kappa shape index (κ2) is 5.13. The van der Waals surface area contributed by atoms with E-state index in [9.17, 15) is 19.1 Å². The molecule has 0 radical (unpaired) electrons. The van der Waals surface area contributed by atoms with E-state index in [1.165, 1.54) is 12.1 Å². The Morgan fingerprint density at radius 1 is 1.29 bits per heavy atom. The number of amides is 1. The van der Waals surface area contributed by atoms with Crippen LogP contribution in [0.1, 0.15) is 35.2 Å². The minimum Gasteiger partial charge on any atom is -0.481 e. The van der Waals surface area contributed by atoms with Crippen molar-refractivity contribution >= 4 is 11.9 Å². The number of halogens is 1. The molecule has 1 aromatic carbocycles. The first-order chi connectivity index (χ1) is 9.97. The van der Waals surface area contributed by atoms with Crippen molar-refractivity contribution in [2.45, 2.75) is 32.2 Å². The molecular formula is C16H18FNO3. The van der Waals surface area contributed by atoms with Crippen LogP contribution in [0.5, 0.6) is 0 Å². The molecule has 0 spiro atoms. The Labute approximate surface area is 122 Å². The van der Waals surface area contributed by atoms with E-state index in [0.717, 1.165) is 24.8 Å². The summed E-state index contributed by atoms with van der Waals surface area (Å²) in [6.07, 6.45) is 2.70. The Hall–Kier alpha value is -1.91. The van der Waals surface area contributed by atoms with Gasteiger partial charge >= 0.3 is 5.97 Å². The van der Waals surface area contributed by atoms with Crippen LogP contribution < -0.4 is 5.32 Å². The summed E-state index contributed by atoms with van der Waals surface area (Å²) >= 11 is 0. The van der Waals surface area contributed by atoms with Crippen LogP contribution in [0.15, 0.2) is 18.2 Å². The molecule has 2 fully saturated rings. The van der Waals surface area contributed by atoms with Crippen LogP contribution in [0, 0.1) is 30.5 Å². The monoisotopic (exact) mass is 291 g/mol. The van der Waals surface area contributed by atoms with E-state index in [2.05, 4.69) is 5.32 Å². The summed E-state index contributed by atoms with van der Waals surface area (Å²) < 4.78 is 13.8. The van der Waals surface area contributed by atoms with E-state index >= 15 is 0 Å². The summed E-state index contributed by atoms with van der Waals surface area (Å²) in [6, 6.07) is 4.05. The van der Waals surface area contributed by atoms with Crippen LogP contribution in [0.25, 0.3) is 0 Å². The Morgan fingerprint density at radius 3 is 2.67 bits per heavy atom. The van der Waals surface area contributed by atoms with Crippen molar-refractivity contribution in [3.05, 3.63) is 35.1 Å². The van der Waals surface area contributed by atoms with Gasteiger partial charge in [-0.15, -0.1) is 0 Å². The fourth-order valence-electron chi connectivity index (χ4n) is 3.89. The zero-order valence-electron chi connectivity index (χ0n) is 11.8. The lowest BCUT2D eigenvalue weighted by Crippen LogP contribution is -2.47. The second-order valence-electron chi connectivity index (χ2n) is 6.18. The second-order valence-corrected chi connectivity index (χ2v) is 6.18. The number of hydrogen-bond donors (Lipinski definition) is 2. The molecule has 2 aliphatic carbocycles. The van der Waals surface area contributed by atoms with Crippen molar-refractivity contribution in [1.29, 1.82) is 0 Å². The lowest BCUT2D eigenvalue weighted by molar-refractivity contribution is -0.144. The summed E-state index contributed by atoms with van der Waals surface area (Å²) in [7, 11) is 0. The standard InChI is InChI=1S/C16H18FNO3/c1-8-2-5-11(12(17)6-8)15(19)18-14-10-4-3-9(7-10)13(14)16(20)21/h2,5-6,9-10,13-14H,3-4,7H2,1H3,(H,18,19)(H,20,21). The molecule has 2 N–H and O–H groups in total. The van der Waals surface area contributed by atoms with Crippen LogP contribution in [-0.4, -0.2) is 23.0 Å². The highest BCUT2D eigenvalue weighted by atomic mass is 19.1. The molecule has 21 heavy (non-hydrogen) atoms. The number of carboxylic acids is 1. The minimum absolute atomic E-state index is 0.0208. The first-order valence-electron chi connectivity index (χ1n) is 7.27. The zero-order valence-corrected chi connectivity index (χ0v) is 11.8. The van der Waals surface area contributed by atoms with E-state index in [0.29, 0.717) is 0 Å². The van der Waals surface area contributed by atoms with E-state index in [-0.39, 0.29) is 23.4 Å². The van der Waals surface area contributed by atoms with Crippen molar-refractivity contribution in [2.75, 3.05) is 0 Å². The fraction of sp³-hybridized carbons (Fsp3) is 0.500. The predicted octanol–water partition coefficient (Wildman–Crippen LogP) is 2.36. The molecule has 2 aliphatic rings. The first-order valence-corrected chi connectivity index (χ1v) is 7.27. The number of carbonyl (C=O) groups is 2. The molecule has 4 nitrogen and oxygen atoms in total. The number of benzene rings is 1. The molecule has 0 saturated heterocycles. The first kappa shape index (κ1) is 14.0. The lowest BCUT2D eigenvalue weighted by atomic mass is 9.84.